The van der Waals surface area contributed by atoms with Crippen LogP contribution in [0.3, 0.4) is 0 Å². The molecule has 0 aliphatic heterocycles. The lowest BCUT2D eigenvalue weighted by atomic mass is 10.0. The molecule has 0 fully saturated rings. The fraction of sp³-hybridized carbons (Fsp3) is 0.907. The van der Waals surface area contributed by atoms with Gasteiger partial charge in [0.15, 0.2) is 6.10 Å². The van der Waals surface area contributed by atoms with Crippen molar-refractivity contribution < 1.29 is 28.6 Å². The Bertz CT molecular complexity index is 1310. The van der Waals surface area contributed by atoms with Crippen LogP contribution < -0.4 is 0 Å². The summed E-state index contributed by atoms with van der Waals surface area (Å²) in [7, 11) is 0. The number of hydrogen-bond donors (Lipinski definition) is 0. The van der Waals surface area contributed by atoms with Gasteiger partial charge < -0.3 is 14.2 Å². The molecule has 0 aliphatic carbocycles. The van der Waals surface area contributed by atoms with Gasteiger partial charge in [-0.25, -0.2) is 0 Å². The maximum absolute atomic E-state index is 12.9. The third-order valence-electron chi connectivity index (χ3n) is 16.9. The molecule has 478 valence electrons. The van der Waals surface area contributed by atoms with Gasteiger partial charge in [-0.15, -0.1) is 0 Å². The van der Waals surface area contributed by atoms with Crippen molar-refractivity contribution in [3.63, 3.8) is 0 Å². The van der Waals surface area contributed by atoms with Gasteiger partial charge in [0.25, 0.3) is 0 Å². The molecule has 81 heavy (non-hydrogen) atoms. The molecule has 0 saturated heterocycles. The van der Waals surface area contributed by atoms with E-state index in [1.807, 2.05) is 0 Å². The van der Waals surface area contributed by atoms with Crippen molar-refractivity contribution in [1.82, 2.24) is 0 Å². The fourth-order valence-corrected chi connectivity index (χ4v) is 11.4. The topological polar surface area (TPSA) is 78.9 Å². The molecule has 0 heterocycles. The zero-order valence-electron chi connectivity index (χ0n) is 55.1. The second-order valence-corrected chi connectivity index (χ2v) is 25.2. The monoisotopic (exact) mass is 1140 g/mol. The Hall–Kier alpha value is -2.11. The summed E-state index contributed by atoms with van der Waals surface area (Å²) in [4.78, 5) is 38.4. The van der Waals surface area contributed by atoms with E-state index in [4.69, 9.17) is 14.2 Å². The van der Waals surface area contributed by atoms with Crippen LogP contribution in [0.5, 0.6) is 0 Å². The van der Waals surface area contributed by atoms with Crippen LogP contribution in [0.15, 0.2) is 24.3 Å². The molecule has 0 aromatic heterocycles. The molecular formula is C75H142O6. The van der Waals surface area contributed by atoms with Gasteiger partial charge >= 0.3 is 17.9 Å². The van der Waals surface area contributed by atoms with E-state index in [0.29, 0.717) is 19.3 Å². The summed E-state index contributed by atoms with van der Waals surface area (Å²) in [5, 5.41) is 0. The Balaban J connectivity index is 4.09. The van der Waals surface area contributed by atoms with Crippen molar-refractivity contribution in [2.45, 2.75) is 425 Å². The summed E-state index contributed by atoms with van der Waals surface area (Å²) < 4.78 is 17.0. The molecule has 0 amide bonds. The first-order valence-electron chi connectivity index (χ1n) is 36.8. The van der Waals surface area contributed by atoms with Crippen molar-refractivity contribution in [1.29, 1.82) is 0 Å². The Morgan fingerprint density at radius 1 is 0.235 bits per heavy atom. The van der Waals surface area contributed by atoms with Crippen LogP contribution in [-0.4, -0.2) is 37.2 Å². The third-order valence-corrected chi connectivity index (χ3v) is 16.9. The number of carbonyl (C=O) groups is 3. The van der Waals surface area contributed by atoms with Gasteiger partial charge in [0.05, 0.1) is 0 Å². The molecule has 0 N–H and O–H groups in total. The van der Waals surface area contributed by atoms with Crippen molar-refractivity contribution in [3.8, 4) is 0 Å². The summed E-state index contributed by atoms with van der Waals surface area (Å²) in [5.74, 6) is -0.845. The van der Waals surface area contributed by atoms with Crippen LogP contribution >= 0.6 is 0 Å². The molecule has 0 bridgehead atoms. The zero-order chi connectivity index (χ0) is 58.5. The molecule has 0 spiro atoms. The average molecular weight is 1140 g/mol. The molecule has 6 nitrogen and oxygen atoms in total. The number of rotatable bonds is 69. The quantitative estimate of drug-likeness (QED) is 0.0261. The smallest absolute Gasteiger partial charge is 0.306 e. The van der Waals surface area contributed by atoms with E-state index in [-0.39, 0.29) is 31.1 Å². The van der Waals surface area contributed by atoms with E-state index in [0.717, 1.165) is 64.2 Å². The molecule has 0 aromatic rings. The Morgan fingerprint density at radius 3 is 0.654 bits per heavy atom. The minimum absolute atomic E-state index is 0.0673. The molecule has 0 aliphatic rings. The van der Waals surface area contributed by atoms with Crippen molar-refractivity contribution in [3.05, 3.63) is 24.3 Å². The Kier molecular flexibility index (Phi) is 68.5. The van der Waals surface area contributed by atoms with Crippen LogP contribution in [-0.2, 0) is 28.6 Å². The van der Waals surface area contributed by atoms with Crippen molar-refractivity contribution >= 4 is 17.9 Å². The predicted molar refractivity (Wildman–Crippen MR) is 353 cm³/mol. The maximum atomic E-state index is 12.9. The summed E-state index contributed by atoms with van der Waals surface area (Å²) in [6.45, 7) is 6.68. The second-order valence-electron chi connectivity index (χ2n) is 25.2. The largest absolute Gasteiger partial charge is 0.462 e. The van der Waals surface area contributed by atoms with Crippen LogP contribution in [0.1, 0.15) is 419 Å². The number of allylic oxidation sites excluding steroid dienone is 4. The van der Waals surface area contributed by atoms with Crippen LogP contribution in [0, 0.1) is 0 Å². The fourth-order valence-electron chi connectivity index (χ4n) is 11.4. The lowest BCUT2D eigenvalue weighted by Crippen LogP contribution is -2.30. The number of ether oxygens (including phenoxy) is 3. The summed E-state index contributed by atoms with van der Waals surface area (Å²) in [6.07, 6.45) is 86.7. The van der Waals surface area contributed by atoms with Gasteiger partial charge in [-0.1, -0.05) is 360 Å². The maximum Gasteiger partial charge on any atom is 0.306 e. The van der Waals surface area contributed by atoms with Gasteiger partial charge in [-0.2, -0.15) is 0 Å². The summed E-state index contributed by atoms with van der Waals surface area (Å²) in [5.41, 5.74) is 0. The van der Waals surface area contributed by atoms with Gasteiger partial charge in [0.2, 0.25) is 0 Å². The molecule has 6 heteroatoms. The lowest BCUT2D eigenvalue weighted by molar-refractivity contribution is -0.167. The van der Waals surface area contributed by atoms with Gasteiger partial charge in [0, 0.05) is 19.3 Å². The van der Waals surface area contributed by atoms with Crippen molar-refractivity contribution in [2.75, 3.05) is 13.2 Å². The second kappa shape index (κ2) is 70.4. The molecule has 0 radical (unpaired) electrons. The first-order valence-corrected chi connectivity index (χ1v) is 36.8. The third kappa shape index (κ3) is 68.6. The minimum atomic E-state index is -0.771. The van der Waals surface area contributed by atoms with E-state index >= 15 is 0 Å². The minimum Gasteiger partial charge on any atom is -0.462 e. The predicted octanol–water partition coefficient (Wildman–Crippen LogP) is 25.3. The first-order chi connectivity index (χ1) is 40.0. The van der Waals surface area contributed by atoms with Crippen LogP contribution in [0.2, 0.25) is 0 Å². The molecular weight excluding hydrogens is 997 g/mol. The molecule has 0 aromatic carbocycles. The van der Waals surface area contributed by atoms with E-state index in [2.05, 4.69) is 45.1 Å². The zero-order valence-corrected chi connectivity index (χ0v) is 55.1. The van der Waals surface area contributed by atoms with E-state index in [9.17, 15) is 14.4 Å². The molecule has 1 atom stereocenters. The van der Waals surface area contributed by atoms with Gasteiger partial charge in [0.1, 0.15) is 13.2 Å². The molecule has 1 unspecified atom stereocenters. The molecule has 0 rings (SSSR count). The highest BCUT2D eigenvalue weighted by molar-refractivity contribution is 5.71. The van der Waals surface area contributed by atoms with Crippen LogP contribution in [0.25, 0.3) is 0 Å². The Morgan fingerprint density at radius 2 is 0.420 bits per heavy atom. The van der Waals surface area contributed by atoms with Crippen molar-refractivity contribution in [2.24, 2.45) is 0 Å². The number of hydrogen-bond acceptors (Lipinski definition) is 6. The van der Waals surface area contributed by atoms with E-state index in [1.54, 1.807) is 0 Å². The highest BCUT2D eigenvalue weighted by Gasteiger charge is 2.20. The normalized spacial score (nSPS) is 12.1. The van der Waals surface area contributed by atoms with E-state index < -0.39 is 6.10 Å². The number of esters is 3. The number of unbranched alkanes of at least 4 members (excludes halogenated alkanes) is 54. The Labute approximate surface area is 506 Å². The summed E-state index contributed by atoms with van der Waals surface area (Å²) in [6, 6.07) is 0. The summed E-state index contributed by atoms with van der Waals surface area (Å²) >= 11 is 0. The SMILES string of the molecule is CCCC/C=C\CCCCCCCC(=O)OCC(COC(=O)CCCCCCCCCCCCCCCCCCCCC/C=C\CCCCCCCCCC)OC(=O)CCCCCCCCCCCCCCCCCCCCCCC. The first kappa shape index (κ1) is 78.9. The standard InChI is InChI=1S/C75H142O6/c1-4-7-10-13-16-19-22-24-26-28-30-32-33-34-35-36-37-38-39-40-41-43-44-46-48-50-53-56-59-62-65-68-74(77)80-71-72(70-79-73(76)67-64-61-58-55-52-21-18-15-12-9-6-3)81-75(78)69-66-63-60-57-54-51-49-47-45-42-31-29-27-25-23-20-17-14-11-8-5-2/h15,18,28,30,72H,4-14,16-17,19-27,29,31-71H2,1-3H3/b18-15-,30-28-. The highest BCUT2D eigenvalue weighted by atomic mass is 16.6. The molecule has 0 saturated carbocycles. The average Bonchev–Trinajstić information content (AvgIpc) is 3.47. The highest BCUT2D eigenvalue weighted by Crippen LogP contribution is 2.19. The van der Waals surface area contributed by atoms with Gasteiger partial charge in [-0.3, -0.25) is 14.4 Å². The van der Waals surface area contributed by atoms with Crippen LogP contribution in [0.4, 0.5) is 0 Å². The van der Waals surface area contributed by atoms with Gasteiger partial charge in [-0.05, 0) is 64.2 Å². The lowest BCUT2D eigenvalue weighted by Gasteiger charge is -2.18. The number of carbonyl (C=O) groups excluding carboxylic acids is 3. The van der Waals surface area contributed by atoms with E-state index in [1.165, 1.54) is 315 Å².